The number of hydrogen-bond acceptors (Lipinski definition) is 5. The van der Waals surface area contributed by atoms with Gasteiger partial charge in [-0.15, -0.1) is 0 Å². The lowest BCUT2D eigenvalue weighted by molar-refractivity contribution is -0.172. The number of imidazole rings is 1. The molecule has 4 heterocycles. The number of aromatic nitrogens is 3. The largest absolute Gasteiger partial charge is 0.352 e. The number of unbranched alkanes of at least 4 members (excludes halogenated alkanes) is 1. The number of amides is 3. The average molecular weight is 427 g/mol. The highest BCUT2D eigenvalue weighted by Crippen LogP contribution is 2.40. The van der Waals surface area contributed by atoms with Crippen LogP contribution < -0.4 is 10.6 Å². The lowest BCUT2D eigenvalue weighted by atomic mass is 9.88. The summed E-state index contributed by atoms with van der Waals surface area (Å²) in [5.41, 5.74) is 0.140. The summed E-state index contributed by atoms with van der Waals surface area (Å²) in [5.74, 6) is 0.677. The van der Waals surface area contributed by atoms with Crippen LogP contribution in [-0.2, 0) is 28.2 Å². The molecule has 166 valence electrons. The average Bonchev–Trinajstić information content (AvgIpc) is 3.28. The Balaban J connectivity index is 1.40. The molecular formula is C22H30N6O3. The number of nitrogens with zero attached hydrogens (tertiary/aromatic N) is 4. The first-order valence-corrected chi connectivity index (χ1v) is 11.0. The maximum absolute atomic E-state index is 12.9. The molecule has 2 aliphatic heterocycles. The number of hydrogen-bond donors (Lipinski definition) is 2. The molecule has 9 nitrogen and oxygen atoms in total. The van der Waals surface area contributed by atoms with Crippen molar-refractivity contribution in [2.24, 2.45) is 0 Å². The quantitative estimate of drug-likeness (QED) is 0.686. The Morgan fingerprint density at radius 3 is 2.77 bits per heavy atom. The fourth-order valence-electron chi connectivity index (χ4n) is 4.22. The summed E-state index contributed by atoms with van der Waals surface area (Å²) in [6.07, 6.45) is 7.96. The standard InChI is InChI=1S/C22H30N6O3/c1-2-3-9-25-21(30)27-12-7-22(8-13-27)20-24-11-14-28(20)16-18(31-22)19(29)26-15-17-6-4-5-10-23-17/h4-6,10-11,14,18H,2-3,7-9,12-13,15-16H2,1H3,(H,25,30)(H,26,29)/t18-/m0/s1. The maximum Gasteiger partial charge on any atom is 0.317 e. The van der Waals surface area contributed by atoms with Crippen LogP contribution in [-0.4, -0.2) is 57.1 Å². The van der Waals surface area contributed by atoms with E-state index in [4.69, 9.17) is 4.74 Å². The van der Waals surface area contributed by atoms with Crippen molar-refractivity contribution in [1.29, 1.82) is 0 Å². The molecule has 0 aromatic carbocycles. The van der Waals surface area contributed by atoms with Crippen LogP contribution in [0.3, 0.4) is 0 Å². The molecule has 4 rings (SSSR count). The van der Waals surface area contributed by atoms with Gasteiger partial charge in [0.2, 0.25) is 0 Å². The molecule has 2 aromatic rings. The lowest BCUT2D eigenvalue weighted by Gasteiger charge is -2.45. The minimum Gasteiger partial charge on any atom is -0.352 e. The highest BCUT2D eigenvalue weighted by Gasteiger charge is 2.47. The van der Waals surface area contributed by atoms with Crippen molar-refractivity contribution in [1.82, 2.24) is 30.1 Å². The van der Waals surface area contributed by atoms with E-state index in [2.05, 4.69) is 27.5 Å². The van der Waals surface area contributed by atoms with Crippen molar-refractivity contribution in [2.75, 3.05) is 19.6 Å². The zero-order valence-electron chi connectivity index (χ0n) is 17.9. The SMILES string of the molecule is CCCCNC(=O)N1CCC2(CC1)O[C@H](C(=O)NCc1ccccn1)Cn1ccnc12. The minimum atomic E-state index is -0.658. The zero-order chi connectivity index (χ0) is 21.7. The molecule has 2 aliphatic rings. The van der Waals surface area contributed by atoms with Crippen LogP contribution in [0.2, 0.25) is 0 Å². The molecule has 0 aliphatic carbocycles. The van der Waals surface area contributed by atoms with E-state index in [-0.39, 0.29) is 11.9 Å². The number of nitrogens with one attached hydrogen (secondary N) is 2. The Bertz CT molecular complexity index is 892. The highest BCUT2D eigenvalue weighted by molar-refractivity contribution is 5.81. The van der Waals surface area contributed by atoms with Gasteiger partial charge in [-0.05, 0) is 18.6 Å². The summed E-state index contributed by atoms with van der Waals surface area (Å²) in [7, 11) is 0. The Morgan fingerprint density at radius 2 is 2.03 bits per heavy atom. The first-order valence-electron chi connectivity index (χ1n) is 11.0. The minimum absolute atomic E-state index is 0.0351. The second kappa shape index (κ2) is 9.47. The van der Waals surface area contributed by atoms with Crippen molar-refractivity contribution >= 4 is 11.9 Å². The number of carbonyl (C=O) groups excluding carboxylic acids is 2. The smallest absolute Gasteiger partial charge is 0.317 e. The Labute approximate surface area is 182 Å². The first kappa shape index (κ1) is 21.3. The third-order valence-electron chi connectivity index (χ3n) is 5.98. The summed E-state index contributed by atoms with van der Waals surface area (Å²) in [5, 5.41) is 5.91. The van der Waals surface area contributed by atoms with Gasteiger partial charge in [0.15, 0.2) is 6.10 Å². The fraction of sp³-hybridized carbons (Fsp3) is 0.545. The second-order valence-corrected chi connectivity index (χ2v) is 8.12. The molecule has 1 saturated heterocycles. The van der Waals surface area contributed by atoms with Crippen LogP contribution in [0.25, 0.3) is 0 Å². The molecule has 2 aromatic heterocycles. The number of ether oxygens (including phenoxy) is 1. The summed E-state index contributed by atoms with van der Waals surface area (Å²) in [6.45, 7) is 4.69. The van der Waals surface area contributed by atoms with Gasteiger partial charge in [-0.1, -0.05) is 19.4 Å². The van der Waals surface area contributed by atoms with Crippen LogP contribution in [0.5, 0.6) is 0 Å². The number of pyridine rings is 1. The van der Waals surface area contributed by atoms with Crippen LogP contribution >= 0.6 is 0 Å². The van der Waals surface area contributed by atoms with Gasteiger partial charge in [0.05, 0.1) is 18.8 Å². The molecule has 1 fully saturated rings. The van der Waals surface area contributed by atoms with Crippen LogP contribution in [0.1, 0.15) is 44.1 Å². The van der Waals surface area contributed by atoms with E-state index in [0.717, 1.165) is 24.4 Å². The molecule has 3 amide bonds. The predicted molar refractivity (Wildman–Crippen MR) is 114 cm³/mol. The molecule has 1 atom stereocenters. The summed E-state index contributed by atoms with van der Waals surface area (Å²) in [4.78, 5) is 35.9. The molecule has 1 spiro atoms. The zero-order valence-corrected chi connectivity index (χ0v) is 17.9. The molecule has 31 heavy (non-hydrogen) atoms. The predicted octanol–water partition coefficient (Wildman–Crippen LogP) is 1.79. The van der Waals surface area contributed by atoms with E-state index in [1.165, 1.54) is 0 Å². The van der Waals surface area contributed by atoms with Crippen molar-refractivity contribution in [3.63, 3.8) is 0 Å². The van der Waals surface area contributed by atoms with Gasteiger partial charge in [-0.2, -0.15) is 0 Å². The summed E-state index contributed by atoms with van der Waals surface area (Å²) in [6, 6.07) is 5.58. The topological polar surface area (TPSA) is 101 Å². The van der Waals surface area contributed by atoms with Crippen molar-refractivity contribution in [3.05, 3.63) is 48.3 Å². The number of carbonyl (C=O) groups is 2. The maximum atomic E-state index is 12.9. The molecule has 0 bridgehead atoms. The highest BCUT2D eigenvalue weighted by atomic mass is 16.5. The first-order chi connectivity index (χ1) is 15.1. The molecule has 2 N–H and O–H groups in total. The molecule has 9 heteroatoms. The van der Waals surface area contributed by atoms with E-state index in [0.29, 0.717) is 45.6 Å². The second-order valence-electron chi connectivity index (χ2n) is 8.12. The van der Waals surface area contributed by atoms with Crippen LogP contribution in [0.4, 0.5) is 4.79 Å². The van der Waals surface area contributed by atoms with Crippen molar-refractivity contribution < 1.29 is 14.3 Å². The van der Waals surface area contributed by atoms with Gasteiger partial charge in [0.25, 0.3) is 5.91 Å². The van der Waals surface area contributed by atoms with Crippen LogP contribution in [0, 0.1) is 0 Å². The fourth-order valence-corrected chi connectivity index (χ4v) is 4.22. The third-order valence-corrected chi connectivity index (χ3v) is 5.98. The number of fused-ring (bicyclic) bond motifs is 2. The molecule has 0 saturated carbocycles. The Morgan fingerprint density at radius 1 is 1.19 bits per heavy atom. The van der Waals surface area contributed by atoms with Gasteiger partial charge in [-0.3, -0.25) is 9.78 Å². The Kier molecular flexibility index (Phi) is 6.50. The number of likely N-dealkylation sites (tertiary alicyclic amines) is 1. The van der Waals surface area contributed by atoms with Crippen molar-refractivity contribution in [2.45, 2.75) is 57.4 Å². The molecule has 0 radical (unpaired) electrons. The summed E-state index contributed by atoms with van der Waals surface area (Å²) < 4.78 is 8.41. The van der Waals surface area contributed by atoms with Gasteiger partial charge < -0.3 is 24.8 Å². The van der Waals surface area contributed by atoms with Gasteiger partial charge in [0, 0.05) is 51.1 Å². The molecule has 0 unspecified atom stereocenters. The van der Waals surface area contributed by atoms with E-state index >= 15 is 0 Å². The number of urea groups is 1. The van der Waals surface area contributed by atoms with Crippen molar-refractivity contribution in [3.8, 4) is 0 Å². The van der Waals surface area contributed by atoms with E-state index in [9.17, 15) is 9.59 Å². The normalized spacial score (nSPS) is 19.6. The monoisotopic (exact) mass is 426 g/mol. The molecular weight excluding hydrogens is 396 g/mol. The summed E-state index contributed by atoms with van der Waals surface area (Å²) >= 11 is 0. The van der Waals surface area contributed by atoms with E-state index in [1.807, 2.05) is 33.9 Å². The number of rotatable bonds is 6. The van der Waals surface area contributed by atoms with E-state index in [1.54, 1.807) is 12.4 Å². The van der Waals surface area contributed by atoms with Gasteiger partial charge in [-0.25, -0.2) is 9.78 Å². The number of piperidine rings is 1. The third kappa shape index (κ3) is 4.71. The lowest BCUT2D eigenvalue weighted by Crippen LogP contribution is -2.55. The van der Waals surface area contributed by atoms with Gasteiger partial charge >= 0.3 is 6.03 Å². The van der Waals surface area contributed by atoms with Gasteiger partial charge in [0.1, 0.15) is 11.4 Å². The van der Waals surface area contributed by atoms with Crippen LogP contribution in [0.15, 0.2) is 36.8 Å². The Hall–Kier alpha value is -2.94. The van der Waals surface area contributed by atoms with E-state index < -0.39 is 11.7 Å².